The van der Waals surface area contributed by atoms with Gasteiger partial charge in [0.05, 0.1) is 36.4 Å². The molecule has 41 heavy (non-hydrogen) atoms. The van der Waals surface area contributed by atoms with Crippen LogP contribution in [0.5, 0.6) is 17.2 Å². The fourth-order valence-corrected chi connectivity index (χ4v) is 5.50. The van der Waals surface area contributed by atoms with Crippen molar-refractivity contribution in [2.45, 2.75) is 12.6 Å². The maximum absolute atomic E-state index is 13.6. The monoisotopic (exact) mass is 589 g/mol. The quantitative estimate of drug-likeness (QED) is 0.133. The smallest absolute Gasteiger partial charge is 0.300 e. The van der Waals surface area contributed by atoms with E-state index in [2.05, 4.69) is 0 Å². The van der Waals surface area contributed by atoms with E-state index >= 15 is 0 Å². The van der Waals surface area contributed by atoms with Crippen molar-refractivity contribution in [2.24, 2.45) is 0 Å². The molecule has 9 heteroatoms. The van der Waals surface area contributed by atoms with Crippen LogP contribution in [0.1, 0.15) is 22.7 Å². The highest BCUT2D eigenvalue weighted by atomic mass is 35.5. The molecule has 0 bridgehead atoms. The Kier molecular flexibility index (Phi) is 8.19. The maximum Gasteiger partial charge on any atom is 0.300 e. The van der Waals surface area contributed by atoms with Crippen LogP contribution in [0.4, 0.5) is 5.69 Å². The van der Waals surface area contributed by atoms with Gasteiger partial charge in [-0.25, -0.2) is 0 Å². The molecule has 1 aliphatic rings. The standard InChI is InChI=1S/C32H25Cl2NO6/c1-39-30-23(17-24(33)31(40-2)26(30)34)28(36)25-27(35(32(38)29(25)37)21-13-7-4-8-14-21)20-12-9-15-22(16-20)41-18-19-10-5-3-6-11-19/h3-17,27,36H,18H2,1-2H3/b28-25+. The number of para-hydroxylation sites is 1. The number of carbonyl (C=O) groups is 2. The lowest BCUT2D eigenvalue weighted by molar-refractivity contribution is -0.132. The molecule has 1 N–H and O–H groups in total. The number of carbonyl (C=O) groups excluding carboxylic acids is 2. The number of hydrogen-bond acceptors (Lipinski definition) is 6. The second-order valence-corrected chi connectivity index (χ2v) is 9.92. The summed E-state index contributed by atoms with van der Waals surface area (Å²) in [4.78, 5) is 28.5. The highest BCUT2D eigenvalue weighted by Gasteiger charge is 2.47. The van der Waals surface area contributed by atoms with Crippen molar-refractivity contribution in [3.05, 3.63) is 123 Å². The summed E-state index contributed by atoms with van der Waals surface area (Å²) in [5, 5.41) is 11.8. The van der Waals surface area contributed by atoms with E-state index in [0.29, 0.717) is 23.6 Å². The van der Waals surface area contributed by atoms with Crippen LogP contribution in [-0.2, 0) is 16.2 Å². The van der Waals surface area contributed by atoms with Gasteiger partial charge in [0.1, 0.15) is 23.1 Å². The molecule has 5 rings (SSSR count). The largest absolute Gasteiger partial charge is 0.507 e. The number of Topliss-reactive ketones (excluding diaryl/α,β-unsaturated/α-hetero) is 1. The van der Waals surface area contributed by atoms with Crippen LogP contribution >= 0.6 is 23.2 Å². The molecule has 1 atom stereocenters. The van der Waals surface area contributed by atoms with E-state index in [1.54, 1.807) is 54.6 Å². The molecule has 0 aliphatic carbocycles. The van der Waals surface area contributed by atoms with Gasteiger partial charge in [-0.05, 0) is 41.5 Å². The maximum atomic E-state index is 13.6. The van der Waals surface area contributed by atoms with Crippen LogP contribution < -0.4 is 19.1 Å². The molecule has 208 valence electrons. The molecule has 1 heterocycles. The number of hydrogen-bond donors (Lipinski definition) is 1. The van der Waals surface area contributed by atoms with Gasteiger partial charge in [-0.1, -0.05) is 83.9 Å². The van der Waals surface area contributed by atoms with Gasteiger partial charge in [-0.15, -0.1) is 0 Å². The van der Waals surface area contributed by atoms with Crippen LogP contribution in [0.25, 0.3) is 5.76 Å². The Morgan fingerprint density at radius 3 is 2.17 bits per heavy atom. The molecular weight excluding hydrogens is 565 g/mol. The van der Waals surface area contributed by atoms with Gasteiger partial charge < -0.3 is 19.3 Å². The van der Waals surface area contributed by atoms with Crippen molar-refractivity contribution in [1.82, 2.24) is 0 Å². The Balaban J connectivity index is 1.67. The molecule has 0 radical (unpaired) electrons. The lowest BCUT2D eigenvalue weighted by Crippen LogP contribution is -2.29. The summed E-state index contributed by atoms with van der Waals surface area (Å²) in [5.41, 5.74) is 1.89. The van der Waals surface area contributed by atoms with Gasteiger partial charge >= 0.3 is 0 Å². The third-order valence-corrected chi connectivity index (χ3v) is 7.32. The lowest BCUT2D eigenvalue weighted by atomic mass is 9.94. The average Bonchev–Trinajstić information content (AvgIpc) is 3.26. The molecule has 0 aromatic heterocycles. The summed E-state index contributed by atoms with van der Waals surface area (Å²) in [7, 11) is 2.75. The predicted molar refractivity (Wildman–Crippen MR) is 158 cm³/mol. The molecule has 1 amide bonds. The molecule has 0 saturated carbocycles. The van der Waals surface area contributed by atoms with Gasteiger partial charge in [0.2, 0.25) is 0 Å². The van der Waals surface area contributed by atoms with Crippen molar-refractivity contribution >= 4 is 46.3 Å². The first-order valence-electron chi connectivity index (χ1n) is 12.6. The molecule has 1 saturated heterocycles. The summed E-state index contributed by atoms with van der Waals surface area (Å²) in [6.07, 6.45) is 0. The SMILES string of the molecule is COc1c(Cl)cc(/C(O)=C2\C(=O)C(=O)N(c3ccccc3)C2c2cccc(OCc3ccccc3)c2)c(OC)c1Cl. The van der Waals surface area contributed by atoms with Crippen LogP contribution in [-0.4, -0.2) is 31.0 Å². The second-order valence-electron chi connectivity index (χ2n) is 9.14. The molecule has 4 aromatic carbocycles. The minimum absolute atomic E-state index is 0.00852. The minimum Gasteiger partial charge on any atom is -0.507 e. The Labute approximate surface area is 247 Å². The molecule has 1 unspecified atom stereocenters. The van der Waals surface area contributed by atoms with Gasteiger partial charge in [0, 0.05) is 5.69 Å². The van der Waals surface area contributed by atoms with E-state index in [4.69, 9.17) is 37.4 Å². The van der Waals surface area contributed by atoms with E-state index in [9.17, 15) is 14.7 Å². The number of aliphatic hydroxyl groups is 1. The Morgan fingerprint density at radius 1 is 0.854 bits per heavy atom. The molecule has 7 nitrogen and oxygen atoms in total. The summed E-state index contributed by atoms with van der Waals surface area (Å²) in [6, 6.07) is 25.9. The normalized spacial score (nSPS) is 16.1. The zero-order valence-corrected chi connectivity index (χ0v) is 23.6. The Morgan fingerprint density at radius 2 is 1.51 bits per heavy atom. The van der Waals surface area contributed by atoms with Crippen molar-refractivity contribution in [3.8, 4) is 17.2 Å². The Bertz CT molecular complexity index is 1640. The number of methoxy groups -OCH3 is 2. The second kappa shape index (κ2) is 12.0. The highest BCUT2D eigenvalue weighted by molar-refractivity contribution is 6.52. The highest BCUT2D eigenvalue weighted by Crippen LogP contribution is 2.48. The number of aliphatic hydroxyl groups excluding tert-OH is 1. The molecular formula is C32H25Cl2NO6. The summed E-state index contributed by atoms with van der Waals surface area (Å²) < 4.78 is 16.8. The molecule has 0 spiro atoms. The van der Waals surface area contributed by atoms with E-state index in [0.717, 1.165) is 5.56 Å². The first-order valence-corrected chi connectivity index (χ1v) is 13.3. The van der Waals surface area contributed by atoms with Gasteiger partial charge in [0.15, 0.2) is 11.5 Å². The van der Waals surface area contributed by atoms with Crippen molar-refractivity contribution in [2.75, 3.05) is 19.1 Å². The van der Waals surface area contributed by atoms with E-state index < -0.39 is 23.5 Å². The van der Waals surface area contributed by atoms with Crippen molar-refractivity contribution in [3.63, 3.8) is 0 Å². The zero-order chi connectivity index (χ0) is 29.1. The number of anilines is 1. The zero-order valence-electron chi connectivity index (χ0n) is 22.1. The summed E-state index contributed by atoms with van der Waals surface area (Å²) >= 11 is 12.9. The minimum atomic E-state index is -0.998. The van der Waals surface area contributed by atoms with E-state index in [1.807, 2.05) is 30.3 Å². The van der Waals surface area contributed by atoms with Gasteiger partial charge in [-0.2, -0.15) is 0 Å². The fraction of sp³-hybridized carbons (Fsp3) is 0.125. The molecule has 1 fully saturated rings. The average molecular weight is 590 g/mol. The molecule has 4 aromatic rings. The van der Waals surface area contributed by atoms with Crippen LogP contribution in [0.3, 0.4) is 0 Å². The summed E-state index contributed by atoms with van der Waals surface area (Å²) in [6.45, 7) is 0.323. The number of ketones is 1. The third-order valence-electron chi connectivity index (χ3n) is 6.70. The predicted octanol–water partition coefficient (Wildman–Crippen LogP) is 7.22. The van der Waals surface area contributed by atoms with Crippen LogP contribution in [0, 0.1) is 0 Å². The number of nitrogens with zero attached hydrogens (tertiary/aromatic N) is 1. The van der Waals surface area contributed by atoms with Crippen LogP contribution in [0.2, 0.25) is 10.0 Å². The van der Waals surface area contributed by atoms with E-state index in [1.165, 1.54) is 25.2 Å². The fourth-order valence-electron chi connectivity index (χ4n) is 4.81. The van der Waals surface area contributed by atoms with Crippen LogP contribution in [0.15, 0.2) is 96.6 Å². The number of halogens is 2. The number of rotatable bonds is 8. The number of ether oxygens (including phenoxy) is 3. The molecule has 1 aliphatic heterocycles. The number of benzene rings is 4. The van der Waals surface area contributed by atoms with Gasteiger partial charge in [-0.3, -0.25) is 14.5 Å². The Hall–Kier alpha value is -4.46. The summed E-state index contributed by atoms with van der Waals surface area (Å²) in [5.74, 6) is -1.47. The lowest BCUT2D eigenvalue weighted by Gasteiger charge is -2.26. The topological polar surface area (TPSA) is 85.3 Å². The first kappa shape index (κ1) is 28.1. The van der Waals surface area contributed by atoms with Crippen molar-refractivity contribution in [1.29, 1.82) is 0 Å². The first-order chi connectivity index (χ1) is 19.8. The van der Waals surface area contributed by atoms with E-state index in [-0.39, 0.29) is 32.7 Å². The number of amides is 1. The van der Waals surface area contributed by atoms with Gasteiger partial charge in [0.25, 0.3) is 11.7 Å². The third kappa shape index (κ3) is 5.34. The van der Waals surface area contributed by atoms with Crippen molar-refractivity contribution < 1.29 is 28.9 Å².